The quantitative estimate of drug-likeness (QED) is 0.728. The van der Waals surface area contributed by atoms with Crippen molar-refractivity contribution in [1.82, 2.24) is 9.80 Å². The lowest BCUT2D eigenvalue weighted by molar-refractivity contribution is 0.115. The highest BCUT2D eigenvalue weighted by atomic mass is 32.2. The lowest BCUT2D eigenvalue weighted by atomic mass is 10.0. The van der Waals surface area contributed by atoms with Crippen LogP contribution in [0, 0.1) is 0 Å². The van der Waals surface area contributed by atoms with E-state index < -0.39 is 0 Å². The normalized spacial score (nSPS) is 23.6. The zero-order chi connectivity index (χ0) is 11.5. The molecule has 1 atom stereocenters. The summed E-state index contributed by atoms with van der Waals surface area (Å²) < 4.78 is 0. The fourth-order valence-electron chi connectivity index (χ4n) is 2.20. The Bertz CT molecular complexity index is 336. The highest BCUT2D eigenvalue weighted by Crippen LogP contribution is 2.25. The molecule has 0 radical (unpaired) electrons. The van der Waals surface area contributed by atoms with E-state index in [1.165, 1.54) is 17.0 Å². The van der Waals surface area contributed by atoms with Crippen LogP contribution in [0.15, 0.2) is 29.2 Å². The van der Waals surface area contributed by atoms with Crippen molar-refractivity contribution in [1.29, 1.82) is 0 Å². The molecule has 1 aromatic rings. The fraction of sp³-hybridized carbons (Fsp3) is 0.538. The van der Waals surface area contributed by atoms with Crippen LogP contribution in [-0.2, 0) is 0 Å². The van der Waals surface area contributed by atoms with Crippen molar-refractivity contribution >= 4 is 11.8 Å². The van der Waals surface area contributed by atoms with E-state index in [9.17, 15) is 0 Å². The maximum Gasteiger partial charge on any atom is 0.0472 e. The summed E-state index contributed by atoms with van der Waals surface area (Å²) in [5.74, 6) is 0. The lowest BCUT2D eigenvalue weighted by Crippen LogP contribution is -2.44. The molecule has 1 aromatic carbocycles. The molecule has 0 saturated carbocycles. The smallest absolute Gasteiger partial charge is 0.0472 e. The molecule has 1 saturated heterocycles. The Labute approximate surface area is 103 Å². The molecule has 3 heteroatoms. The Morgan fingerprint density at radius 2 is 1.81 bits per heavy atom. The van der Waals surface area contributed by atoms with Gasteiger partial charge in [0.15, 0.2) is 0 Å². The van der Waals surface area contributed by atoms with Gasteiger partial charge < -0.3 is 4.90 Å². The van der Waals surface area contributed by atoms with E-state index in [0.29, 0.717) is 6.04 Å². The van der Waals surface area contributed by atoms with Gasteiger partial charge in [0.25, 0.3) is 0 Å². The monoisotopic (exact) mass is 236 g/mol. The summed E-state index contributed by atoms with van der Waals surface area (Å²) in [4.78, 5) is 6.21. The Kier molecular flexibility index (Phi) is 3.90. The van der Waals surface area contributed by atoms with Gasteiger partial charge in [-0.25, -0.2) is 0 Å². The summed E-state index contributed by atoms with van der Waals surface area (Å²) in [6.45, 7) is 3.47. The fourth-order valence-corrected chi connectivity index (χ4v) is 2.60. The van der Waals surface area contributed by atoms with Gasteiger partial charge in [0.05, 0.1) is 0 Å². The minimum absolute atomic E-state index is 0.551. The van der Waals surface area contributed by atoms with Crippen molar-refractivity contribution in [3.63, 3.8) is 0 Å². The van der Waals surface area contributed by atoms with Crippen LogP contribution >= 0.6 is 11.8 Å². The Hall–Kier alpha value is -0.510. The second-order valence-electron chi connectivity index (χ2n) is 4.53. The van der Waals surface area contributed by atoms with Gasteiger partial charge in [-0.1, -0.05) is 12.1 Å². The molecule has 0 aromatic heterocycles. The number of piperazine rings is 1. The van der Waals surface area contributed by atoms with E-state index in [0.717, 1.165) is 13.1 Å². The van der Waals surface area contributed by atoms with Gasteiger partial charge in [0, 0.05) is 30.6 Å². The Balaban J connectivity index is 2.15. The van der Waals surface area contributed by atoms with E-state index in [1.807, 2.05) is 0 Å². The molecule has 16 heavy (non-hydrogen) atoms. The van der Waals surface area contributed by atoms with Gasteiger partial charge in [-0.15, -0.1) is 11.8 Å². The molecule has 1 unspecified atom stereocenters. The van der Waals surface area contributed by atoms with Crippen LogP contribution in [0.1, 0.15) is 11.6 Å². The lowest BCUT2D eigenvalue weighted by Gasteiger charge is -2.38. The second-order valence-corrected chi connectivity index (χ2v) is 5.41. The van der Waals surface area contributed by atoms with Crippen LogP contribution in [0.3, 0.4) is 0 Å². The number of hydrogen-bond acceptors (Lipinski definition) is 3. The molecule has 1 aliphatic heterocycles. The van der Waals surface area contributed by atoms with Gasteiger partial charge in [0.2, 0.25) is 0 Å². The zero-order valence-corrected chi connectivity index (χ0v) is 11.1. The largest absolute Gasteiger partial charge is 0.303 e. The minimum atomic E-state index is 0.551. The maximum atomic E-state index is 2.45. The Morgan fingerprint density at radius 1 is 1.12 bits per heavy atom. The first-order valence-electron chi connectivity index (χ1n) is 5.73. The average molecular weight is 236 g/mol. The summed E-state index contributed by atoms with van der Waals surface area (Å²) in [5, 5.41) is 0. The third kappa shape index (κ3) is 2.59. The standard InChI is InChI=1S/C13H20N2S/c1-14-8-9-15(2)13(10-14)11-4-6-12(16-3)7-5-11/h4-7,13H,8-10H2,1-3H3. The van der Waals surface area contributed by atoms with Crippen molar-refractivity contribution in [2.24, 2.45) is 0 Å². The van der Waals surface area contributed by atoms with E-state index in [4.69, 9.17) is 0 Å². The van der Waals surface area contributed by atoms with Gasteiger partial charge >= 0.3 is 0 Å². The first-order valence-corrected chi connectivity index (χ1v) is 6.96. The predicted molar refractivity (Wildman–Crippen MR) is 71.1 cm³/mol. The first-order chi connectivity index (χ1) is 7.70. The average Bonchev–Trinajstić information content (AvgIpc) is 2.32. The van der Waals surface area contributed by atoms with Crippen molar-refractivity contribution in [2.45, 2.75) is 10.9 Å². The van der Waals surface area contributed by atoms with Crippen LogP contribution < -0.4 is 0 Å². The molecule has 0 bridgehead atoms. The molecule has 0 amide bonds. The van der Waals surface area contributed by atoms with Crippen LogP contribution in [0.2, 0.25) is 0 Å². The molecular weight excluding hydrogens is 216 g/mol. The van der Waals surface area contributed by atoms with Crippen molar-refractivity contribution in [3.8, 4) is 0 Å². The van der Waals surface area contributed by atoms with Gasteiger partial charge in [-0.3, -0.25) is 4.90 Å². The topological polar surface area (TPSA) is 6.48 Å². The second kappa shape index (κ2) is 5.21. The van der Waals surface area contributed by atoms with Gasteiger partial charge in [-0.2, -0.15) is 0 Å². The molecule has 1 heterocycles. The molecule has 88 valence electrons. The molecule has 0 spiro atoms. The third-order valence-corrected chi connectivity index (χ3v) is 4.10. The molecule has 2 rings (SSSR count). The number of nitrogens with zero attached hydrogens (tertiary/aromatic N) is 2. The molecule has 2 nitrogen and oxygen atoms in total. The molecular formula is C13H20N2S. The van der Waals surface area contributed by atoms with Crippen LogP contribution in [0.25, 0.3) is 0 Å². The van der Waals surface area contributed by atoms with Crippen LogP contribution in [-0.4, -0.2) is 49.8 Å². The number of thioether (sulfide) groups is 1. The Morgan fingerprint density at radius 3 is 2.44 bits per heavy atom. The summed E-state index contributed by atoms with van der Waals surface area (Å²) in [5.41, 5.74) is 1.44. The molecule has 0 aliphatic carbocycles. The number of rotatable bonds is 2. The van der Waals surface area contributed by atoms with E-state index >= 15 is 0 Å². The van der Waals surface area contributed by atoms with Crippen molar-refractivity contribution < 1.29 is 0 Å². The molecule has 0 N–H and O–H groups in total. The number of hydrogen-bond donors (Lipinski definition) is 0. The molecule has 1 aliphatic rings. The number of benzene rings is 1. The highest BCUT2D eigenvalue weighted by Gasteiger charge is 2.23. The number of likely N-dealkylation sites (N-methyl/N-ethyl adjacent to an activating group) is 2. The van der Waals surface area contributed by atoms with Crippen molar-refractivity contribution in [3.05, 3.63) is 29.8 Å². The summed E-state index contributed by atoms with van der Waals surface area (Å²) in [6.07, 6.45) is 2.12. The maximum absolute atomic E-state index is 2.45. The minimum Gasteiger partial charge on any atom is -0.303 e. The molecule has 1 fully saturated rings. The van der Waals surface area contributed by atoms with Crippen molar-refractivity contribution in [2.75, 3.05) is 40.0 Å². The summed E-state index contributed by atoms with van der Waals surface area (Å²) in [7, 11) is 4.43. The zero-order valence-electron chi connectivity index (χ0n) is 10.3. The van der Waals surface area contributed by atoms with Crippen LogP contribution in [0.4, 0.5) is 0 Å². The predicted octanol–water partition coefficient (Wildman–Crippen LogP) is 2.33. The SMILES string of the molecule is CSc1ccc(C2CN(C)CCN2C)cc1. The summed E-state index contributed by atoms with van der Waals surface area (Å²) >= 11 is 1.80. The first kappa shape index (κ1) is 12.0. The van der Waals surface area contributed by atoms with Gasteiger partial charge in [0.1, 0.15) is 0 Å². The third-order valence-electron chi connectivity index (χ3n) is 3.35. The van der Waals surface area contributed by atoms with E-state index in [-0.39, 0.29) is 0 Å². The highest BCUT2D eigenvalue weighted by molar-refractivity contribution is 7.98. The van der Waals surface area contributed by atoms with Gasteiger partial charge in [-0.05, 0) is 38.0 Å². The summed E-state index contributed by atoms with van der Waals surface area (Å²) in [6, 6.07) is 9.54. The van der Waals surface area contributed by atoms with Crippen LogP contribution in [0.5, 0.6) is 0 Å². The van der Waals surface area contributed by atoms with E-state index in [2.05, 4.69) is 54.4 Å². The van der Waals surface area contributed by atoms with E-state index in [1.54, 1.807) is 11.8 Å².